The summed E-state index contributed by atoms with van der Waals surface area (Å²) in [5.74, 6) is 2.27. The Kier molecular flexibility index (Phi) is 4.56. The zero-order valence-electron chi connectivity index (χ0n) is 11.6. The van der Waals surface area contributed by atoms with Crippen LogP contribution in [0.2, 0.25) is 0 Å². The summed E-state index contributed by atoms with van der Waals surface area (Å²) >= 11 is 5.34. The lowest BCUT2D eigenvalue weighted by atomic mass is 9.96. The van der Waals surface area contributed by atoms with Crippen LogP contribution >= 0.6 is 12.2 Å². The fourth-order valence-corrected chi connectivity index (χ4v) is 2.90. The number of nitrogens with zero attached hydrogens (tertiary/aromatic N) is 3. The van der Waals surface area contributed by atoms with Crippen molar-refractivity contribution in [3.8, 4) is 0 Å². The van der Waals surface area contributed by atoms with Crippen LogP contribution in [0, 0.1) is 10.7 Å². The first-order valence-corrected chi connectivity index (χ1v) is 7.40. The first-order chi connectivity index (χ1) is 8.61. The Bertz CT molecular complexity index is 426. The van der Waals surface area contributed by atoms with Crippen molar-refractivity contribution < 1.29 is 0 Å². The van der Waals surface area contributed by atoms with E-state index in [1.165, 1.54) is 32.5 Å². The Morgan fingerprint density at radius 3 is 2.61 bits per heavy atom. The Labute approximate surface area is 114 Å². The lowest BCUT2D eigenvalue weighted by molar-refractivity contribution is 0.179. The van der Waals surface area contributed by atoms with Crippen LogP contribution in [0.5, 0.6) is 0 Å². The lowest BCUT2D eigenvalue weighted by Gasteiger charge is -2.31. The number of hydrogen-bond donors (Lipinski definition) is 1. The van der Waals surface area contributed by atoms with Gasteiger partial charge in [0.1, 0.15) is 5.82 Å². The van der Waals surface area contributed by atoms with E-state index < -0.39 is 0 Å². The highest BCUT2D eigenvalue weighted by Crippen LogP contribution is 2.21. The van der Waals surface area contributed by atoms with Crippen LogP contribution in [-0.4, -0.2) is 39.3 Å². The quantitative estimate of drug-likeness (QED) is 0.853. The molecule has 0 bridgehead atoms. The molecule has 2 rings (SSSR count). The van der Waals surface area contributed by atoms with Crippen LogP contribution in [0.3, 0.4) is 0 Å². The minimum absolute atomic E-state index is 0.425. The standard InChI is InChI=1S/C13H24N4S/c1-4-16-7-5-11(6-8-16)9-17-12(10(2)3)14-15-13(17)18/h10-11H,4-9H2,1-3H3,(H,15,18). The molecule has 1 aromatic heterocycles. The van der Waals surface area contributed by atoms with Gasteiger partial charge in [-0.2, -0.15) is 5.10 Å². The van der Waals surface area contributed by atoms with Crippen molar-refractivity contribution in [2.75, 3.05) is 19.6 Å². The molecule has 0 saturated carbocycles. The van der Waals surface area contributed by atoms with Crippen molar-refractivity contribution in [3.05, 3.63) is 10.6 Å². The van der Waals surface area contributed by atoms with Gasteiger partial charge in [0.15, 0.2) is 4.77 Å². The second-order valence-electron chi connectivity index (χ2n) is 5.53. The van der Waals surface area contributed by atoms with Crippen molar-refractivity contribution in [1.82, 2.24) is 19.7 Å². The zero-order chi connectivity index (χ0) is 13.1. The molecule has 1 fully saturated rings. The van der Waals surface area contributed by atoms with Crippen molar-refractivity contribution in [1.29, 1.82) is 0 Å². The van der Waals surface area contributed by atoms with Gasteiger partial charge in [-0.3, -0.25) is 5.10 Å². The molecule has 18 heavy (non-hydrogen) atoms. The molecule has 5 heteroatoms. The van der Waals surface area contributed by atoms with E-state index in [4.69, 9.17) is 12.2 Å². The normalized spacial score (nSPS) is 18.7. The minimum Gasteiger partial charge on any atom is -0.304 e. The molecule has 0 aliphatic carbocycles. The Morgan fingerprint density at radius 2 is 2.06 bits per heavy atom. The SMILES string of the molecule is CCN1CCC(Cn2c(C(C)C)n[nH]c2=S)CC1. The number of aromatic nitrogens is 3. The van der Waals surface area contributed by atoms with Crippen LogP contribution in [0.4, 0.5) is 0 Å². The van der Waals surface area contributed by atoms with Crippen molar-refractivity contribution >= 4 is 12.2 Å². The topological polar surface area (TPSA) is 36.9 Å². The fraction of sp³-hybridized carbons (Fsp3) is 0.846. The summed E-state index contributed by atoms with van der Waals surface area (Å²) < 4.78 is 2.98. The molecule has 4 nitrogen and oxygen atoms in total. The van der Waals surface area contributed by atoms with Gasteiger partial charge in [0, 0.05) is 12.5 Å². The van der Waals surface area contributed by atoms with Crippen molar-refractivity contribution in [2.45, 2.75) is 46.1 Å². The third-order valence-corrected chi connectivity index (χ3v) is 4.21. The van der Waals surface area contributed by atoms with Crippen LogP contribution in [0.15, 0.2) is 0 Å². The number of likely N-dealkylation sites (tertiary alicyclic amines) is 1. The Balaban J connectivity index is 2.02. The molecule has 0 atom stereocenters. The summed E-state index contributed by atoms with van der Waals surface area (Å²) in [5.41, 5.74) is 0. The van der Waals surface area contributed by atoms with Gasteiger partial charge in [0.2, 0.25) is 0 Å². The third kappa shape index (κ3) is 3.01. The van der Waals surface area contributed by atoms with E-state index in [9.17, 15) is 0 Å². The first kappa shape index (κ1) is 13.7. The smallest absolute Gasteiger partial charge is 0.195 e. The maximum atomic E-state index is 5.34. The highest BCUT2D eigenvalue weighted by Gasteiger charge is 2.20. The van der Waals surface area contributed by atoms with E-state index in [2.05, 4.69) is 40.4 Å². The van der Waals surface area contributed by atoms with E-state index >= 15 is 0 Å². The largest absolute Gasteiger partial charge is 0.304 e. The molecule has 1 saturated heterocycles. The van der Waals surface area contributed by atoms with Crippen LogP contribution < -0.4 is 0 Å². The molecule has 102 valence electrons. The summed E-state index contributed by atoms with van der Waals surface area (Å²) in [6.07, 6.45) is 2.55. The average molecular weight is 268 g/mol. The highest BCUT2D eigenvalue weighted by atomic mass is 32.1. The molecule has 1 aliphatic heterocycles. The number of nitrogens with one attached hydrogen (secondary N) is 1. The summed E-state index contributed by atoms with van der Waals surface area (Å²) in [7, 11) is 0. The second kappa shape index (κ2) is 5.97. The van der Waals surface area contributed by atoms with Gasteiger partial charge in [0.05, 0.1) is 0 Å². The fourth-order valence-electron chi connectivity index (χ4n) is 2.69. The zero-order valence-corrected chi connectivity index (χ0v) is 12.5. The monoisotopic (exact) mass is 268 g/mol. The molecule has 2 heterocycles. The maximum Gasteiger partial charge on any atom is 0.195 e. The predicted octanol–water partition coefficient (Wildman–Crippen LogP) is 2.80. The van der Waals surface area contributed by atoms with E-state index in [0.29, 0.717) is 5.92 Å². The van der Waals surface area contributed by atoms with Gasteiger partial charge >= 0.3 is 0 Å². The molecule has 0 radical (unpaired) electrons. The minimum atomic E-state index is 0.425. The number of aromatic amines is 1. The molecule has 0 amide bonds. The highest BCUT2D eigenvalue weighted by molar-refractivity contribution is 7.71. The number of H-pyrrole nitrogens is 1. The van der Waals surface area contributed by atoms with Gasteiger partial charge in [-0.05, 0) is 50.6 Å². The molecule has 1 aromatic rings. The van der Waals surface area contributed by atoms with Gasteiger partial charge in [-0.25, -0.2) is 0 Å². The van der Waals surface area contributed by atoms with Crippen LogP contribution in [-0.2, 0) is 6.54 Å². The maximum absolute atomic E-state index is 5.34. The average Bonchev–Trinajstić information content (AvgIpc) is 2.72. The Hall–Kier alpha value is -0.680. The molecular formula is C13H24N4S. The first-order valence-electron chi connectivity index (χ1n) is 6.99. The Morgan fingerprint density at radius 1 is 1.39 bits per heavy atom. The summed E-state index contributed by atoms with van der Waals surface area (Å²) in [6, 6.07) is 0. The van der Waals surface area contributed by atoms with E-state index in [0.717, 1.165) is 23.1 Å². The summed E-state index contributed by atoms with van der Waals surface area (Å²) in [4.78, 5) is 2.52. The van der Waals surface area contributed by atoms with Gasteiger partial charge in [-0.15, -0.1) is 0 Å². The molecule has 0 aromatic carbocycles. The molecule has 1 N–H and O–H groups in total. The van der Waals surface area contributed by atoms with Gasteiger partial charge in [-0.1, -0.05) is 20.8 Å². The predicted molar refractivity (Wildman–Crippen MR) is 76.3 cm³/mol. The third-order valence-electron chi connectivity index (χ3n) is 3.90. The lowest BCUT2D eigenvalue weighted by Crippen LogP contribution is -2.34. The summed E-state index contributed by atoms with van der Waals surface area (Å²) in [5, 5.41) is 7.28. The van der Waals surface area contributed by atoms with Crippen LogP contribution in [0.25, 0.3) is 0 Å². The van der Waals surface area contributed by atoms with E-state index in [1.807, 2.05) is 0 Å². The number of piperidine rings is 1. The number of rotatable bonds is 4. The molecule has 0 spiro atoms. The van der Waals surface area contributed by atoms with Crippen molar-refractivity contribution in [2.24, 2.45) is 5.92 Å². The van der Waals surface area contributed by atoms with Gasteiger partial charge in [0.25, 0.3) is 0 Å². The molecular weight excluding hydrogens is 244 g/mol. The summed E-state index contributed by atoms with van der Waals surface area (Å²) in [6.45, 7) is 11.2. The molecule has 0 unspecified atom stereocenters. The van der Waals surface area contributed by atoms with Gasteiger partial charge < -0.3 is 9.47 Å². The van der Waals surface area contributed by atoms with Crippen LogP contribution in [0.1, 0.15) is 45.4 Å². The van der Waals surface area contributed by atoms with Crippen molar-refractivity contribution in [3.63, 3.8) is 0 Å². The number of hydrogen-bond acceptors (Lipinski definition) is 3. The van der Waals surface area contributed by atoms with E-state index in [-0.39, 0.29) is 0 Å². The second-order valence-corrected chi connectivity index (χ2v) is 5.92. The molecule has 1 aliphatic rings. The van der Waals surface area contributed by atoms with E-state index in [1.54, 1.807) is 0 Å².